The van der Waals surface area contributed by atoms with Crippen LogP contribution in [0.3, 0.4) is 0 Å². The van der Waals surface area contributed by atoms with E-state index in [-0.39, 0.29) is 5.91 Å². The normalized spacial score (nSPS) is 17.4. The Hall–Kier alpha value is -2.14. The summed E-state index contributed by atoms with van der Waals surface area (Å²) in [6, 6.07) is 12.0. The van der Waals surface area contributed by atoms with Crippen LogP contribution in [0, 0.1) is 6.92 Å². The molecule has 0 bridgehead atoms. The molecule has 1 heterocycles. The van der Waals surface area contributed by atoms with Crippen molar-refractivity contribution in [3.8, 4) is 0 Å². The zero-order valence-corrected chi connectivity index (χ0v) is 12.1. The molecule has 0 saturated heterocycles. The van der Waals surface area contributed by atoms with Crippen molar-refractivity contribution in [2.24, 2.45) is 5.73 Å². The highest BCUT2D eigenvalue weighted by Gasteiger charge is 2.43. The SMILES string of the molecule is Cc1ccn(CC(NC2CC2)(C(N)=O)c2ccccc2)n1. The molecule has 1 amide bonds. The topological polar surface area (TPSA) is 72.9 Å². The number of primary amides is 1. The van der Waals surface area contributed by atoms with E-state index in [1.807, 2.05) is 49.5 Å². The van der Waals surface area contributed by atoms with Crippen molar-refractivity contribution in [3.05, 3.63) is 53.9 Å². The molecule has 5 nitrogen and oxygen atoms in total. The van der Waals surface area contributed by atoms with E-state index in [0.717, 1.165) is 24.1 Å². The van der Waals surface area contributed by atoms with Gasteiger partial charge in [0.1, 0.15) is 5.54 Å². The van der Waals surface area contributed by atoms with Gasteiger partial charge in [0.25, 0.3) is 0 Å². The number of carbonyl (C=O) groups excluding carboxylic acids is 1. The number of aryl methyl sites for hydroxylation is 1. The Balaban J connectivity index is 2.00. The lowest BCUT2D eigenvalue weighted by atomic mass is 9.88. The maximum atomic E-state index is 12.3. The molecule has 5 heteroatoms. The number of carbonyl (C=O) groups is 1. The molecule has 2 aromatic rings. The van der Waals surface area contributed by atoms with Gasteiger partial charge in [-0.15, -0.1) is 0 Å². The van der Waals surface area contributed by atoms with Gasteiger partial charge in [-0.25, -0.2) is 0 Å². The highest BCUT2D eigenvalue weighted by atomic mass is 16.1. The largest absolute Gasteiger partial charge is 0.368 e. The second kappa shape index (κ2) is 5.33. The molecule has 0 spiro atoms. The number of rotatable bonds is 6. The fourth-order valence-electron chi connectivity index (χ4n) is 2.60. The number of amides is 1. The Morgan fingerprint density at radius 1 is 1.38 bits per heavy atom. The van der Waals surface area contributed by atoms with E-state index in [4.69, 9.17) is 5.73 Å². The van der Waals surface area contributed by atoms with Crippen molar-refractivity contribution in [2.45, 2.75) is 37.9 Å². The van der Waals surface area contributed by atoms with Crippen molar-refractivity contribution >= 4 is 5.91 Å². The molecule has 110 valence electrons. The molecule has 1 saturated carbocycles. The van der Waals surface area contributed by atoms with Crippen molar-refractivity contribution in [2.75, 3.05) is 0 Å². The summed E-state index contributed by atoms with van der Waals surface area (Å²) in [7, 11) is 0. The summed E-state index contributed by atoms with van der Waals surface area (Å²) >= 11 is 0. The van der Waals surface area contributed by atoms with Crippen molar-refractivity contribution in [1.82, 2.24) is 15.1 Å². The molecule has 0 aliphatic heterocycles. The van der Waals surface area contributed by atoms with Crippen LogP contribution in [0.1, 0.15) is 24.1 Å². The lowest BCUT2D eigenvalue weighted by molar-refractivity contribution is -0.125. The van der Waals surface area contributed by atoms with Crippen LogP contribution < -0.4 is 11.1 Å². The molecule has 3 N–H and O–H groups in total. The molecule has 1 aromatic heterocycles. The standard InChI is InChI=1S/C16H20N4O/c1-12-9-10-20(19-12)11-16(15(17)21,18-14-7-8-14)13-5-3-2-4-6-13/h2-6,9-10,14,18H,7-8,11H2,1H3,(H2,17,21). The summed E-state index contributed by atoms with van der Waals surface area (Å²) in [4.78, 5) is 12.3. The number of hydrogen-bond acceptors (Lipinski definition) is 3. The molecular formula is C16H20N4O. The third-order valence-corrected chi connectivity index (χ3v) is 3.89. The molecule has 0 radical (unpaired) electrons. The molecule has 1 aliphatic carbocycles. The zero-order chi connectivity index (χ0) is 14.9. The fraction of sp³-hybridized carbons (Fsp3) is 0.375. The van der Waals surface area contributed by atoms with Gasteiger partial charge in [0.15, 0.2) is 0 Å². The average molecular weight is 284 g/mol. The minimum absolute atomic E-state index is 0.356. The monoisotopic (exact) mass is 284 g/mol. The van der Waals surface area contributed by atoms with Crippen LogP contribution in [0.15, 0.2) is 42.6 Å². The van der Waals surface area contributed by atoms with E-state index >= 15 is 0 Å². The third-order valence-electron chi connectivity index (χ3n) is 3.89. The molecule has 3 rings (SSSR count). The van der Waals surface area contributed by atoms with Gasteiger partial charge >= 0.3 is 0 Å². The second-order valence-corrected chi connectivity index (χ2v) is 5.71. The average Bonchev–Trinajstić information content (AvgIpc) is 3.20. The molecule has 1 atom stereocenters. The van der Waals surface area contributed by atoms with Crippen molar-refractivity contribution in [3.63, 3.8) is 0 Å². The van der Waals surface area contributed by atoms with Gasteiger partial charge < -0.3 is 5.73 Å². The number of hydrogen-bond donors (Lipinski definition) is 2. The van der Waals surface area contributed by atoms with Crippen molar-refractivity contribution < 1.29 is 4.79 Å². The maximum Gasteiger partial charge on any atom is 0.244 e. The Morgan fingerprint density at radius 2 is 2.10 bits per heavy atom. The van der Waals surface area contributed by atoms with Gasteiger partial charge in [0.05, 0.1) is 12.2 Å². The lowest BCUT2D eigenvalue weighted by Crippen LogP contribution is -2.56. The van der Waals surface area contributed by atoms with E-state index in [1.165, 1.54) is 0 Å². The molecule has 1 fully saturated rings. The summed E-state index contributed by atoms with van der Waals surface area (Å²) in [6.45, 7) is 2.33. The van der Waals surface area contributed by atoms with Crippen LogP contribution in [0.5, 0.6) is 0 Å². The molecular weight excluding hydrogens is 264 g/mol. The Labute approximate surface area is 124 Å². The quantitative estimate of drug-likeness (QED) is 0.840. The zero-order valence-electron chi connectivity index (χ0n) is 12.1. The first-order valence-corrected chi connectivity index (χ1v) is 7.23. The summed E-state index contributed by atoms with van der Waals surface area (Å²) < 4.78 is 1.78. The smallest absolute Gasteiger partial charge is 0.244 e. The summed E-state index contributed by atoms with van der Waals surface area (Å²) in [5.41, 5.74) is 6.69. The summed E-state index contributed by atoms with van der Waals surface area (Å²) in [6.07, 6.45) is 4.05. The Morgan fingerprint density at radius 3 is 2.62 bits per heavy atom. The van der Waals surface area contributed by atoms with E-state index in [9.17, 15) is 4.79 Å². The molecule has 1 unspecified atom stereocenters. The molecule has 21 heavy (non-hydrogen) atoms. The van der Waals surface area contributed by atoms with Crippen LogP contribution in [0.25, 0.3) is 0 Å². The number of benzene rings is 1. The summed E-state index contributed by atoms with van der Waals surface area (Å²) in [5, 5.41) is 7.84. The number of nitrogens with two attached hydrogens (primary N) is 1. The van der Waals surface area contributed by atoms with Gasteiger partial charge in [-0.05, 0) is 31.4 Å². The number of aromatic nitrogens is 2. The molecule has 1 aromatic carbocycles. The van der Waals surface area contributed by atoms with Gasteiger partial charge in [-0.1, -0.05) is 30.3 Å². The number of nitrogens with zero attached hydrogens (tertiary/aromatic N) is 2. The van der Waals surface area contributed by atoms with E-state index < -0.39 is 5.54 Å². The first kappa shape index (κ1) is 13.8. The highest BCUT2D eigenvalue weighted by Crippen LogP contribution is 2.30. The lowest BCUT2D eigenvalue weighted by Gasteiger charge is -2.32. The first-order valence-electron chi connectivity index (χ1n) is 7.23. The van der Waals surface area contributed by atoms with Gasteiger partial charge in [-0.2, -0.15) is 5.10 Å². The second-order valence-electron chi connectivity index (χ2n) is 5.71. The Kier molecular flexibility index (Phi) is 3.51. The van der Waals surface area contributed by atoms with Gasteiger partial charge in [-0.3, -0.25) is 14.8 Å². The van der Waals surface area contributed by atoms with Gasteiger partial charge in [0, 0.05) is 12.2 Å². The van der Waals surface area contributed by atoms with Crippen LogP contribution in [-0.2, 0) is 16.9 Å². The van der Waals surface area contributed by atoms with Gasteiger partial charge in [0.2, 0.25) is 5.91 Å². The van der Waals surface area contributed by atoms with Crippen LogP contribution in [0.2, 0.25) is 0 Å². The predicted molar refractivity (Wildman–Crippen MR) is 80.4 cm³/mol. The van der Waals surface area contributed by atoms with Crippen LogP contribution in [0.4, 0.5) is 0 Å². The van der Waals surface area contributed by atoms with E-state index in [0.29, 0.717) is 12.6 Å². The Bertz CT molecular complexity index is 633. The van der Waals surface area contributed by atoms with Crippen LogP contribution >= 0.6 is 0 Å². The maximum absolute atomic E-state index is 12.3. The van der Waals surface area contributed by atoms with E-state index in [2.05, 4.69) is 10.4 Å². The first-order chi connectivity index (χ1) is 10.1. The highest BCUT2D eigenvalue weighted by molar-refractivity contribution is 5.86. The fourth-order valence-corrected chi connectivity index (χ4v) is 2.60. The molecule has 1 aliphatic rings. The third kappa shape index (κ3) is 2.83. The minimum Gasteiger partial charge on any atom is -0.368 e. The minimum atomic E-state index is -0.916. The van der Waals surface area contributed by atoms with Crippen molar-refractivity contribution in [1.29, 1.82) is 0 Å². The number of nitrogens with one attached hydrogen (secondary N) is 1. The summed E-state index contributed by atoms with van der Waals surface area (Å²) in [5.74, 6) is -0.367. The van der Waals surface area contributed by atoms with Crippen LogP contribution in [-0.4, -0.2) is 21.7 Å². The predicted octanol–water partition coefficient (Wildman–Crippen LogP) is 1.32. The van der Waals surface area contributed by atoms with E-state index in [1.54, 1.807) is 4.68 Å².